The Bertz CT molecular complexity index is 409. The lowest BCUT2D eigenvalue weighted by molar-refractivity contribution is -0.139. The molecule has 1 atom stereocenters. The van der Waals surface area contributed by atoms with Crippen molar-refractivity contribution in [2.75, 3.05) is 0 Å². The van der Waals surface area contributed by atoms with Crippen LogP contribution in [-0.2, 0) is 4.79 Å². The van der Waals surface area contributed by atoms with Gasteiger partial charge in [0, 0.05) is 6.20 Å². The van der Waals surface area contributed by atoms with E-state index in [1.807, 2.05) is 0 Å². The average Bonchev–Trinajstić information content (AvgIpc) is 2.25. The molecule has 0 spiro atoms. The van der Waals surface area contributed by atoms with Gasteiger partial charge in [-0.15, -0.1) is 0 Å². The molecular formula is C10H11FN2O3. The van der Waals surface area contributed by atoms with Gasteiger partial charge >= 0.3 is 5.97 Å². The van der Waals surface area contributed by atoms with Gasteiger partial charge in [-0.2, -0.15) is 0 Å². The molecule has 6 heteroatoms. The van der Waals surface area contributed by atoms with Crippen molar-refractivity contribution in [2.45, 2.75) is 19.4 Å². The minimum atomic E-state index is -1.15. The van der Waals surface area contributed by atoms with Gasteiger partial charge in [-0.05, 0) is 12.5 Å². The summed E-state index contributed by atoms with van der Waals surface area (Å²) < 4.78 is 13.1. The van der Waals surface area contributed by atoms with Crippen LogP contribution >= 0.6 is 0 Å². The van der Waals surface area contributed by atoms with Crippen LogP contribution in [0.4, 0.5) is 4.39 Å². The molecule has 86 valence electrons. The summed E-state index contributed by atoms with van der Waals surface area (Å²) in [6, 6.07) is 0.180. The molecule has 0 aliphatic heterocycles. The highest BCUT2D eigenvalue weighted by Crippen LogP contribution is 2.05. The lowest BCUT2D eigenvalue weighted by Crippen LogP contribution is -2.40. The van der Waals surface area contributed by atoms with Crippen LogP contribution < -0.4 is 5.32 Å². The number of amides is 1. The zero-order valence-electron chi connectivity index (χ0n) is 8.61. The molecular weight excluding hydrogens is 215 g/mol. The molecule has 1 aromatic heterocycles. The van der Waals surface area contributed by atoms with Gasteiger partial charge in [0.2, 0.25) is 0 Å². The van der Waals surface area contributed by atoms with Crippen LogP contribution in [0.2, 0.25) is 0 Å². The first-order valence-corrected chi connectivity index (χ1v) is 4.69. The van der Waals surface area contributed by atoms with E-state index in [0.29, 0.717) is 0 Å². The maximum absolute atomic E-state index is 13.1. The Morgan fingerprint density at radius 3 is 2.81 bits per heavy atom. The van der Waals surface area contributed by atoms with Crippen molar-refractivity contribution >= 4 is 11.9 Å². The number of carboxylic acid groups (broad SMARTS) is 1. The molecule has 1 rings (SSSR count). The van der Waals surface area contributed by atoms with Crippen LogP contribution in [0.3, 0.4) is 0 Å². The number of carbonyl (C=O) groups is 2. The van der Waals surface area contributed by atoms with E-state index in [1.165, 1.54) is 12.3 Å². The van der Waals surface area contributed by atoms with Gasteiger partial charge in [0.05, 0.1) is 11.8 Å². The molecule has 16 heavy (non-hydrogen) atoms. The monoisotopic (exact) mass is 226 g/mol. The van der Waals surface area contributed by atoms with Gasteiger partial charge in [-0.3, -0.25) is 9.78 Å². The highest BCUT2D eigenvalue weighted by molar-refractivity contribution is 5.96. The highest BCUT2D eigenvalue weighted by Gasteiger charge is 2.20. The van der Waals surface area contributed by atoms with E-state index in [-0.39, 0.29) is 12.0 Å². The molecule has 0 radical (unpaired) electrons. The summed E-state index contributed by atoms with van der Waals surface area (Å²) in [5.41, 5.74) is -0.213. The largest absolute Gasteiger partial charge is 0.480 e. The van der Waals surface area contributed by atoms with E-state index in [9.17, 15) is 14.0 Å². The Morgan fingerprint density at radius 2 is 2.31 bits per heavy atom. The number of aromatic nitrogens is 1. The first-order valence-electron chi connectivity index (χ1n) is 4.69. The fraction of sp³-hybridized carbons (Fsp3) is 0.300. The van der Waals surface area contributed by atoms with Crippen LogP contribution in [0.1, 0.15) is 23.7 Å². The van der Waals surface area contributed by atoms with Gasteiger partial charge in [0.1, 0.15) is 6.04 Å². The van der Waals surface area contributed by atoms with E-state index in [2.05, 4.69) is 10.3 Å². The molecule has 2 N–H and O–H groups in total. The maximum Gasteiger partial charge on any atom is 0.326 e. The standard InChI is InChI=1S/C10H11FN2O3/c1-2-8(10(15)16)13-9(14)6-3-4-12-5-7(6)11/h3-5,8H,2H2,1H3,(H,13,14)(H,15,16)/t8-/m0/s1. The van der Waals surface area contributed by atoms with Crippen molar-refractivity contribution in [1.29, 1.82) is 0 Å². The Labute approximate surface area is 91.3 Å². The average molecular weight is 226 g/mol. The number of nitrogens with zero attached hydrogens (tertiary/aromatic N) is 1. The number of hydrogen-bond acceptors (Lipinski definition) is 3. The zero-order valence-corrected chi connectivity index (χ0v) is 8.61. The molecule has 0 aliphatic rings. The van der Waals surface area contributed by atoms with E-state index in [4.69, 9.17) is 5.11 Å². The van der Waals surface area contributed by atoms with E-state index in [1.54, 1.807) is 6.92 Å². The fourth-order valence-electron chi connectivity index (χ4n) is 1.13. The van der Waals surface area contributed by atoms with Crippen molar-refractivity contribution in [3.8, 4) is 0 Å². The molecule has 0 aliphatic carbocycles. The first-order chi connectivity index (χ1) is 7.56. The molecule has 5 nitrogen and oxygen atoms in total. The number of carboxylic acids is 1. The second kappa shape index (κ2) is 5.20. The van der Waals surface area contributed by atoms with Crippen molar-refractivity contribution in [2.24, 2.45) is 0 Å². The summed E-state index contributed by atoms with van der Waals surface area (Å²) in [6.45, 7) is 1.61. The molecule has 1 aromatic rings. The molecule has 0 saturated heterocycles. The zero-order chi connectivity index (χ0) is 12.1. The summed E-state index contributed by atoms with van der Waals surface area (Å²) in [4.78, 5) is 25.6. The van der Waals surface area contributed by atoms with Crippen LogP contribution in [0.25, 0.3) is 0 Å². The number of aliphatic carboxylic acids is 1. The second-order valence-corrected chi connectivity index (χ2v) is 3.13. The maximum atomic E-state index is 13.1. The van der Waals surface area contributed by atoms with Gasteiger partial charge in [-0.25, -0.2) is 9.18 Å². The molecule has 0 saturated carbocycles. The number of rotatable bonds is 4. The van der Waals surface area contributed by atoms with E-state index in [0.717, 1.165) is 6.20 Å². The van der Waals surface area contributed by atoms with Crippen LogP contribution in [0, 0.1) is 5.82 Å². The summed E-state index contributed by atoms with van der Waals surface area (Å²) in [7, 11) is 0. The van der Waals surface area contributed by atoms with Gasteiger partial charge in [0.15, 0.2) is 5.82 Å². The molecule has 0 aromatic carbocycles. The lowest BCUT2D eigenvalue weighted by atomic mass is 10.2. The number of halogens is 1. The highest BCUT2D eigenvalue weighted by atomic mass is 19.1. The Balaban J connectivity index is 2.80. The van der Waals surface area contributed by atoms with Crippen LogP contribution in [0.5, 0.6) is 0 Å². The summed E-state index contributed by atoms with van der Waals surface area (Å²) in [6.07, 6.45) is 2.39. The number of hydrogen-bond donors (Lipinski definition) is 2. The lowest BCUT2D eigenvalue weighted by Gasteiger charge is -2.12. The van der Waals surface area contributed by atoms with Crippen molar-refractivity contribution in [1.82, 2.24) is 10.3 Å². The molecule has 1 heterocycles. The quantitative estimate of drug-likeness (QED) is 0.796. The number of nitrogens with one attached hydrogen (secondary N) is 1. The number of carbonyl (C=O) groups excluding carboxylic acids is 1. The summed E-state index contributed by atoms with van der Waals surface area (Å²) in [5.74, 6) is -2.68. The number of pyridine rings is 1. The minimum Gasteiger partial charge on any atom is -0.480 e. The van der Waals surface area contributed by atoms with Crippen molar-refractivity contribution in [3.63, 3.8) is 0 Å². The summed E-state index contributed by atoms with van der Waals surface area (Å²) in [5, 5.41) is 10.9. The van der Waals surface area contributed by atoms with Crippen molar-refractivity contribution < 1.29 is 19.1 Å². The third-order valence-electron chi connectivity index (χ3n) is 2.03. The van der Waals surface area contributed by atoms with Crippen molar-refractivity contribution in [3.05, 3.63) is 29.8 Å². The predicted molar refractivity (Wildman–Crippen MR) is 53.4 cm³/mol. The van der Waals surface area contributed by atoms with Crippen LogP contribution in [0.15, 0.2) is 18.5 Å². The Morgan fingerprint density at radius 1 is 1.62 bits per heavy atom. The minimum absolute atomic E-state index is 0.213. The Hall–Kier alpha value is -1.98. The van der Waals surface area contributed by atoms with Gasteiger partial charge in [-0.1, -0.05) is 6.92 Å². The third-order valence-corrected chi connectivity index (χ3v) is 2.03. The normalized spacial score (nSPS) is 11.9. The topological polar surface area (TPSA) is 79.3 Å². The third kappa shape index (κ3) is 2.75. The van der Waals surface area contributed by atoms with E-state index >= 15 is 0 Å². The Kier molecular flexibility index (Phi) is 3.93. The molecule has 0 fully saturated rings. The second-order valence-electron chi connectivity index (χ2n) is 3.13. The molecule has 0 unspecified atom stereocenters. The predicted octanol–water partition coefficient (Wildman–Crippen LogP) is 0.814. The van der Waals surface area contributed by atoms with Crippen LogP contribution in [-0.4, -0.2) is 28.0 Å². The van der Waals surface area contributed by atoms with Gasteiger partial charge in [0.25, 0.3) is 5.91 Å². The smallest absolute Gasteiger partial charge is 0.326 e. The summed E-state index contributed by atoms with van der Waals surface area (Å²) >= 11 is 0. The molecule has 0 bridgehead atoms. The fourth-order valence-corrected chi connectivity index (χ4v) is 1.13. The SMILES string of the molecule is CC[C@H](NC(=O)c1ccncc1F)C(=O)O. The molecule has 1 amide bonds. The first kappa shape index (κ1) is 12.1. The van der Waals surface area contributed by atoms with Gasteiger partial charge < -0.3 is 10.4 Å². The van der Waals surface area contributed by atoms with E-state index < -0.39 is 23.7 Å².